The molecule has 1 N–H and O–H groups in total. The Labute approximate surface area is 151 Å². The fourth-order valence-corrected chi connectivity index (χ4v) is 2.73. The van der Waals surface area contributed by atoms with Crippen molar-refractivity contribution in [3.63, 3.8) is 0 Å². The zero-order valence-electron chi connectivity index (χ0n) is 12.9. The van der Waals surface area contributed by atoms with Crippen molar-refractivity contribution >= 4 is 35.0 Å². The normalized spacial score (nSPS) is 12.0. The van der Waals surface area contributed by atoms with Crippen LogP contribution in [0.2, 0.25) is 5.15 Å². The van der Waals surface area contributed by atoms with Gasteiger partial charge in [0.1, 0.15) is 5.82 Å². The summed E-state index contributed by atoms with van der Waals surface area (Å²) < 4.78 is 18.5. The third kappa shape index (κ3) is 4.34. The number of carbonyl (C=O) groups excluding carboxylic acids is 1. The van der Waals surface area contributed by atoms with E-state index in [-0.39, 0.29) is 28.0 Å². The van der Waals surface area contributed by atoms with Gasteiger partial charge in [-0.15, -0.1) is 10.2 Å². The zero-order chi connectivity index (χ0) is 17.8. The number of carbonyl (C=O) groups is 1. The van der Waals surface area contributed by atoms with Crippen LogP contribution in [0.3, 0.4) is 0 Å². The quantitative estimate of drug-likeness (QED) is 0.533. The molecule has 2 aromatic heterocycles. The second-order valence-corrected chi connectivity index (χ2v) is 6.62. The minimum atomic E-state index is -0.502. The third-order valence-electron chi connectivity index (χ3n) is 3.16. The SMILES string of the molecule is C[C@@H](Sc1nnc(-c2ccc(F)cc2)o1)C(=O)Nc1cccnc1Cl. The first-order chi connectivity index (χ1) is 12.0. The molecule has 0 spiro atoms. The molecule has 0 unspecified atom stereocenters. The summed E-state index contributed by atoms with van der Waals surface area (Å²) in [6, 6.07) is 9.02. The number of anilines is 1. The molecule has 0 saturated carbocycles. The number of rotatable bonds is 5. The molecule has 3 aromatic rings. The molecule has 128 valence electrons. The zero-order valence-corrected chi connectivity index (χ0v) is 14.5. The van der Waals surface area contributed by atoms with Gasteiger partial charge in [-0.25, -0.2) is 9.37 Å². The van der Waals surface area contributed by atoms with Crippen LogP contribution in [0.25, 0.3) is 11.5 Å². The van der Waals surface area contributed by atoms with E-state index in [1.165, 1.54) is 30.5 Å². The van der Waals surface area contributed by atoms with Gasteiger partial charge in [0.2, 0.25) is 11.8 Å². The Morgan fingerprint density at radius 1 is 1.28 bits per heavy atom. The topological polar surface area (TPSA) is 80.9 Å². The van der Waals surface area contributed by atoms with Crippen molar-refractivity contribution in [2.24, 2.45) is 0 Å². The second kappa shape index (κ2) is 7.62. The first-order valence-electron chi connectivity index (χ1n) is 7.20. The average molecular weight is 379 g/mol. The van der Waals surface area contributed by atoms with Crippen LogP contribution in [0.15, 0.2) is 52.2 Å². The predicted molar refractivity (Wildman–Crippen MR) is 92.9 cm³/mol. The van der Waals surface area contributed by atoms with Gasteiger partial charge < -0.3 is 9.73 Å². The molecule has 0 aliphatic carbocycles. The van der Waals surface area contributed by atoms with Crippen LogP contribution in [0, 0.1) is 5.82 Å². The molecule has 25 heavy (non-hydrogen) atoms. The lowest BCUT2D eigenvalue weighted by Gasteiger charge is -2.10. The number of halogens is 2. The number of pyridine rings is 1. The number of thioether (sulfide) groups is 1. The van der Waals surface area contributed by atoms with Gasteiger partial charge in [-0.2, -0.15) is 0 Å². The lowest BCUT2D eigenvalue weighted by atomic mass is 10.2. The molecule has 1 atom stereocenters. The van der Waals surface area contributed by atoms with Crippen LogP contribution in [0.5, 0.6) is 0 Å². The van der Waals surface area contributed by atoms with Crippen LogP contribution in [-0.4, -0.2) is 26.3 Å². The minimum Gasteiger partial charge on any atom is -0.411 e. The van der Waals surface area contributed by atoms with Gasteiger partial charge in [0.05, 0.1) is 10.9 Å². The van der Waals surface area contributed by atoms with E-state index in [0.29, 0.717) is 11.3 Å². The Morgan fingerprint density at radius 2 is 2.04 bits per heavy atom. The van der Waals surface area contributed by atoms with E-state index in [9.17, 15) is 9.18 Å². The van der Waals surface area contributed by atoms with E-state index in [1.54, 1.807) is 19.1 Å². The Bertz CT molecular complexity index is 888. The number of hydrogen-bond donors (Lipinski definition) is 1. The van der Waals surface area contributed by atoms with Crippen LogP contribution in [-0.2, 0) is 4.79 Å². The molecule has 0 aliphatic rings. The Hall–Kier alpha value is -2.45. The second-order valence-electron chi connectivity index (χ2n) is 4.97. The smallest absolute Gasteiger partial charge is 0.277 e. The van der Waals surface area contributed by atoms with Crippen LogP contribution in [0.1, 0.15) is 6.92 Å². The average Bonchev–Trinajstić information content (AvgIpc) is 3.06. The van der Waals surface area contributed by atoms with Gasteiger partial charge in [0.25, 0.3) is 5.22 Å². The molecule has 0 radical (unpaired) electrons. The predicted octanol–water partition coefficient (Wildman–Crippen LogP) is 4.04. The third-order valence-corrected chi connectivity index (χ3v) is 4.40. The van der Waals surface area contributed by atoms with E-state index in [1.807, 2.05) is 0 Å². The number of benzene rings is 1. The number of aromatic nitrogens is 3. The lowest BCUT2D eigenvalue weighted by Crippen LogP contribution is -2.22. The Morgan fingerprint density at radius 3 is 2.76 bits per heavy atom. The molecule has 0 aliphatic heterocycles. The molecule has 1 amide bonds. The maximum absolute atomic E-state index is 12.9. The Kier molecular flexibility index (Phi) is 5.30. The van der Waals surface area contributed by atoms with Crippen LogP contribution < -0.4 is 5.32 Å². The monoisotopic (exact) mass is 378 g/mol. The van der Waals surface area contributed by atoms with Gasteiger partial charge in [0.15, 0.2) is 5.15 Å². The van der Waals surface area contributed by atoms with E-state index >= 15 is 0 Å². The van der Waals surface area contributed by atoms with E-state index in [0.717, 1.165) is 11.8 Å². The highest BCUT2D eigenvalue weighted by Crippen LogP contribution is 2.27. The molecule has 6 nitrogen and oxygen atoms in total. The van der Waals surface area contributed by atoms with Crippen molar-refractivity contribution in [3.05, 3.63) is 53.6 Å². The summed E-state index contributed by atoms with van der Waals surface area (Å²) in [6.45, 7) is 1.70. The van der Waals surface area contributed by atoms with Crippen molar-refractivity contribution in [2.75, 3.05) is 5.32 Å². The summed E-state index contributed by atoms with van der Waals surface area (Å²) in [5.41, 5.74) is 1.03. The first-order valence-corrected chi connectivity index (χ1v) is 8.46. The number of hydrogen-bond acceptors (Lipinski definition) is 6. The lowest BCUT2D eigenvalue weighted by molar-refractivity contribution is -0.115. The fourth-order valence-electron chi connectivity index (χ4n) is 1.88. The molecular weight excluding hydrogens is 367 g/mol. The highest BCUT2D eigenvalue weighted by Gasteiger charge is 2.19. The fraction of sp³-hybridized carbons (Fsp3) is 0.125. The van der Waals surface area contributed by atoms with Gasteiger partial charge in [-0.1, -0.05) is 23.4 Å². The number of nitrogens with one attached hydrogen (secondary N) is 1. The number of amides is 1. The molecule has 0 bridgehead atoms. The molecule has 0 saturated heterocycles. The van der Waals surface area contributed by atoms with E-state index in [2.05, 4.69) is 20.5 Å². The number of nitrogens with zero attached hydrogens (tertiary/aromatic N) is 3. The summed E-state index contributed by atoms with van der Waals surface area (Å²) in [7, 11) is 0. The van der Waals surface area contributed by atoms with Crippen molar-refractivity contribution in [1.82, 2.24) is 15.2 Å². The Balaban J connectivity index is 1.65. The standard InChI is InChI=1S/C16H12ClFN4O2S/c1-9(14(23)20-12-3-2-8-19-13(12)17)25-16-22-21-15(24-16)10-4-6-11(18)7-5-10/h2-9H,1H3,(H,20,23)/t9-/m1/s1. The molecule has 0 fully saturated rings. The minimum absolute atomic E-state index is 0.212. The van der Waals surface area contributed by atoms with Gasteiger partial charge in [-0.05, 0) is 43.3 Å². The molecule has 1 aromatic carbocycles. The molecule has 3 rings (SSSR count). The maximum Gasteiger partial charge on any atom is 0.277 e. The van der Waals surface area contributed by atoms with E-state index < -0.39 is 5.25 Å². The van der Waals surface area contributed by atoms with Gasteiger partial charge >= 0.3 is 0 Å². The summed E-state index contributed by atoms with van der Waals surface area (Å²) in [5, 5.41) is 10.4. The molecular formula is C16H12ClFN4O2S. The van der Waals surface area contributed by atoms with Crippen molar-refractivity contribution in [1.29, 1.82) is 0 Å². The first kappa shape index (κ1) is 17.4. The van der Waals surface area contributed by atoms with Crippen molar-refractivity contribution in [3.8, 4) is 11.5 Å². The van der Waals surface area contributed by atoms with Crippen molar-refractivity contribution in [2.45, 2.75) is 17.4 Å². The summed E-state index contributed by atoms with van der Waals surface area (Å²) in [4.78, 5) is 16.1. The van der Waals surface area contributed by atoms with E-state index in [4.69, 9.17) is 16.0 Å². The largest absolute Gasteiger partial charge is 0.411 e. The van der Waals surface area contributed by atoms with Crippen LogP contribution in [0.4, 0.5) is 10.1 Å². The summed E-state index contributed by atoms with van der Waals surface area (Å²) in [5.74, 6) is -0.371. The molecule has 2 heterocycles. The maximum atomic E-state index is 12.9. The highest BCUT2D eigenvalue weighted by molar-refractivity contribution is 8.00. The summed E-state index contributed by atoms with van der Waals surface area (Å²) >= 11 is 7.02. The summed E-state index contributed by atoms with van der Waals surface area (Å²) in [6.07, 6.45) is 1.53. The van der Waals surface area contributed by atoms with Crippen LogP contribution >= 0.6 is 23.4 Å². The highest BCUT2D eigenvalue weighted by atomic mass is 35.5. The van der Waals surface area contributed by atoms with Gasteiger partial charge in [-0.3, -0.25) is 4.79 Å². The van der Waals surface area contributed by atoms with Crippen molar-refractivity contribution < 1.29 is 13.6 Å². The molecule has 9 heteroatoms. The van der Waals surface area contributed by atoms with Gasteiger partial charge in [0, 0.05) is 11.8 Å².